The van der Waals surface area contributed by atoms with Gasteiger partial charge >= 0.3 is 5.69 Å². The maximum Gasteiger partial charge on any atom is 0.312 e. The Morgan fingerprint density at radius 1 is 1.48 bits per heavy atom. The number of rotatable bonds is 6. The fourth-order valence-corrected chi connectivity index (χ4v) is 2.56. The van der Waals surface area contributed by atoms with Gasteiger partial charge in [0.25, 0.3) is 0 Å². The van der Waals surface area contributed by atoms with Gasteiger partial charge in [-0.1, -0.05) is 6.07 Å². The van der Waals surface area contributed by atoms with Gasteiger partial charge in [0.1, 0.15) is 17.9 Å². The number of carbonyl (C=O) groups is 1. The highest BCUT2D eigenvalue weighted by atomic mass is 19.1. The summed E-state index contributed by atoms with van der Waals surface area (Å²) in [5.74, 6) is -0.781. The molecule has 2 aromatic rings. The summed E-state index contributed by atoms with van der Waals surface area (Å²) < 4.78 is 19.9. The minimum atomic E-state index is -0.519. The van der Waals surface area contributed by atoms with Crippen molar-refractivity contribution in [3.63, 3.8) is 0 Å². The lowest BCUT2D eigenvalue weighted by molar-refractivity contribution is -0.386. The van der Waals surface area contributed by atoms with Gasteiger partial charge in [-0.25, -0.2) is 4.39 Å². The van der Waals surface area contributed by atoms with Crippen molar-refractivity contribution in [3.05, 3.63) is 51.1 Å². The van der Waals surface area contributed by atoms with Crippen LogP contribution in [0.1, 0.15) is 29.9 Å². The van der Waals surface area contributed by atoms with Crippen LogP contribution in [0.4, 0.5) is 10.1 Å². The van der Waals surface area contributed by atoms with E-state index in [4.69, 9.17) is 4.74 Å². The summed E-state index contributed by atoms with van der Waals surface area (Å²) in [6.07, 6.45) is 0. The Morgan fingerprint density at radius 3 is 2.68 bits per heavy atom. The van der Waals surface area contributed by atoms with E-state index in [2.05, 4.69) is 10.4 Å². The molecule has 0 saturated heterocycles. The van der Waals surface area contributed by atoms with Crippen LogP contribution in [-0.4, -0.2) is 27.7 Å². The fourth-order valence-electron chi connectivity index (χ4n) is 2.56. The van der Waals surface area contributed by atoms with Crippen LogP contribution < -0.4 is 10.1 Å². The van der Waals surface area contributed by atoms with Crippen molar-refractivity contribution in [2.45, 2.75) is 33.4 Å². The number of hydrogen-bond acceptors (Lipinski definition) is 5. The molecule has 2 rings (SSSR count). The Labute approximate surface area is 143 Å². The van der Waals surface area contributed by atoms with Crippen LogP contribution in [0.2, 0.25) is 0 Å². The monoisotopic (exact) mass is 350 g/mol. The maximum absolute atomic E-state index is 13.8. The zero-order valence-electron chi connectivity index (χ0n) is 14.4. The molecule has 0 aliphatic carbocycles. The Kier molecular flexibility index (Phi) is 5.35. The Balaban J connectivity index is 2.09. The first-order valence-electron chi connectivity index (χ1n) is 7.55. The number of aryl methyl sites for hydroxylation is 1. The van der Waals surface area contributed by atoms with Crippen molar-refractivity contribution in [1.82, 2.24) is 15.1 Å². The fraction of sp³-hybridized carbons (Fsp3) is 0.375. The molecular weight excluding hydrogens is 331 g/mol. The average Bonchev–Trinajstić information content (AvgIpc) is 2.80. The molecule has 1 heterocycles. The Hall–Kier alpha value is -2.97. The lowest BCUT2D eigenvalue weighted by Gasteiger charge is -2.15. The van der Waals surface area contributed by atoms with E-state index >= 15 is 0 Å². The first kappa shape index (κ1) is 18.4. The number of ether oxygens (including phenoxy) is 1. The van der Waals surface area contributed by atoms with Gasteiger partial charge in [0, 0.05) is 0 Å². The Morgan fingerprint density at radius 2 is 2.16 bits per heavy atom. The second kappa shape index (κ2) is 7.29. The van der Waals surface area contributed by atoms with E-state index in [0.29, 0.717) is 11.3 Å². The van der Waals surface area contributed by atoms with Gasteiger partial charge in [0.05, 0.1) is 18.1 Å². The molecule has 0 fully saturated rings. The third kappa shape index (κ3) is 3.93. The summed E-state index contributed by atoms with van der Waals surface area (Å²) in [6.45, 7) is 4.60. The zero-order valence-corrected chi connectivity index (χ0v) is 14.4. The highest BCUT2D eigenvalue weighted by Crippen LogP contribution is 2.23. The van der Waals surface area contributed by atoms with Gasteiger partial charge in [-0.2, -0.15) is 5.10 Å². The zero-order chi connectivity index (χ0) is 18.7. The Bertz CT molecular complexity index is 819. The van der Waals surface area contributed by atoms with Gasteiger partial charge in [0.2, 0.25) is 5.91 Å². The number of methoxy groups -OCH3 is 1. The number of aromatic nitrogens is 2. The smallest absolute Gasteiger partial charge is 0.312 e. The second-order valence-electron chi connectivity index (χ2n) is 5.62. The number of amides is 1. The average molecular weight is 350 g/mol. The van der Waals surface area contributed by atoms with Gasteiger partial charge in [-0.15, -0.1) is 0 Å². The van der Waals surface area contributed by atoms with E-state index in [9.17, 15) is 19.3 Å². The largest absolute Gasteiger partial charge is 0.494 e. The molecule has 1 aromatic heterocycles. The van der Waals surface area contributed by atoms with Crippen LogP contribution in [-0.2, 0) is 11.3 Å². The lowest BCUT2D eigenvalue weighted by atomic mass is 10.1. The third-order valence-corrected chi connectivity index (χ3v) is 3.87. The van der Waals surface area contributed by atoms with E-state index in [1.54, 1.807) is 13.0 Å². The van der Waals surface area contributed by atoms with E-state index in [1.165, 1.54) is 37.8 Å². The molecule has 0 bridgehead atoms. The van der Waals surface area contributed by atoms with Gasteiger partial charge in [-0.3, -0.25) is 19.6 Å². The third-order valence-electron chi connectivity index (χ3n) is 3.87. The van der Waals surface area contributed by atoms with Crippen LogP contribution in [0.3, 0.4) is 0 Å². The first-order valence-corrected chi connectivity index (χ1v) is 7.55. The number of nitrogens with zero attached hydrogens (tertiary/aromatic N) is 3. The molecule has 0 aliphatic rings. The van der Waals surface area contributed by atoms with Crippen molar-refractivity contribution in [1.29, 1.82) is 0 Å². The topological polar surface area (TPSA) is 99.3 Å². The summed E-state index contributed by atoms with van der Waals surface area (Å²) in [5, 5.41) is 17.7. The number of carbonyl (C=O) groups excluding carboxylic acids is 1. The quantitative estimate of drug-likeness (QED) is 0.637. The standard InChI is InChI=1S/C16H19FN4O4/c1-9(12-5-6-14(25-4)13(17)7-12)18-15(22)8-20-11(3)16(21(23)24)10(2)19-20/h5-7,9H,8H2,1-4H3,(H,18,22)/t9-/m0/s1. The molecule has 25 heavy (non-hydrogen) atoms. The molecule has 0 spiro atoms. The number of halogens is 1. The van der Waals surface area contributed by atoms with Crippen molar-refractivity contribution in [2.75, 3.05) is 7.11 Å². The highest BCUT2D eigenvalue weighted by molar-refractivity contribution is 5.76. The molecule has 8 nitrogen and oxygen atoms in total. The summed E-state index contributed by atoms with van der Waals surface area (Å²) >= 11 is 0. The van der Waals surface area contributed by atoms with Gasteiger partial charge < -0.3 is 10.1 Å². The van der Waals surface area contributed by atoms with Crippen molar-refractivity contribution in [3.8, 4) is 5.75 Å². The highest BCUT2D eigenvalue weighted by Gasteiger charge is 2.23. The molecule has 1 atom stereocenters. The minimum Gasteiger partial charge on any atom is -0.494 e. The minimum absolute atomic E-state index is 0.0990. The summed E-state index contributed by atoms with van der Waals surface area (Å²) in [4.78, 5) is 22.7. The molecule has 1 aromatic carbocycles. The molecule has 9 heteroatoms. The maximum atomic E-state index is 13.8. The molecule has 0 unspecified atom stereocenters. The lowest BCUT2D eigenvalue weighted by Crippen LogP contribution is -2.30. The second-order valence-corrected chi connectivity index (χ2v) is 5.62. The van der Waals surface area contributed by atoms with Crippen LogP contribution in [0.5, 0.6) is 5.75 Å². The molecular formula is C16H19FN4O4. The first-order chi connectivity index (χ1) is 11.7. The SMILES string of the molecule is COc1ccc([C@H](C)NC(=O)Cn2nc(C)c([N+](=O)[O-])c2C)cc1F. The van der Waals surface area contributed by atoms with Gasteiger partial charge in [-0.05, 0) is 38.5 Å². The summed E-state index contributed by atoms with van der Waals surface area (Å²) in [5.41, 5.74) is 1.03. The number of benzene rings is 1. The van der Waals surface area contributed by atoms with E-state index in [0.717, 1.165) is 0 Å². The van der Waals surface area contributed by atoms with E-state index in [1.807, 2.05) is 0 Å². The molecule has 1 amide bonds. The number of nitro groups is 1. The van der Waals surface area contributed by atoms with Crippen molar-refractivity contribution in [2.24, 2.45) is 0 Å². The summed E-state index contributed by atoms with van der Waals surface area (Å²) in [7, 11) is 1.37. The molecule has 0 radical (unpaired) electrons. The normalized spacial score (nSPS) is 11.9. The molecule has 0 saturated carbocycles. The van der Waals surface area contributed by atoms with Crippen molar-refractivity contribution < 1.29 is 18.8 Å². The predicted molar refractivity (Wildman–Crippen MR) is 87.9 cm³/mol. The van der Waals surface area contributed by atoms with Crippen LogP contribution in [0.15, 0.2) is 18.2 Å². The van der Waals surface area contributed by atoms with Crippen LogP contribution >= 0.6 is 0 Å². The number of nitrogens with one attached hydrogen (secondary N) is 1. The van der Waals surface area contributed by atoms with Crippen LogP contribution in [0.25, 0.3) is 0 Å². The molecule has 1 N–H and O–H groups in total. The van der Waals surface area contributed by atoms with E-state index in [-0.39, 0.29) is 29.6 Å². The molecule has 134 valence electrons. The molecule has 0 aliphatic heterocycles. The summed E-state index contributed by atoms with van der Waals surface area (Å²) in [6, 6.07) is 3.98. The van der Waals surface area contributed by atoms with E-state index < -0.39 is 16.8 Å². The van der Waals surface area contributed by atoms with Crippen LogP contribution in [0, 0.1) is 29.8 Å². The number of hydrogen-bond donors (Lipinski definition) is 1. The van der Waals surface area contributed by atoms with Crippen molar-refractivity contribution >= 4 is 11.6 Å². The predicted octanol–water partition coefficient (Wildman–Crippen LogP) is 2.43. The van der Waals surface area contributed by atoms with Gasteiger partial charge in [0.15, 0.2) is 11.6 Å².